The molecule has 1 aromatic heterocycles. The van der Waals surface area contributed by atoms with E-state index in [1.807, 2.05) is 6.07 Å². The Morgan fingerprint density at radius 3 is 2.56 bits per heavy atom. The van der Waals surface area contributed by atoms with Gasteiger partial charge in [0.1, 0.15) is 16.6 Å². The van der Waals surface area contributed by atoms with Gasteiger partial charge in [-0.05, 0) is 25.0 Å². The zero-order valence-corrected chi connectivity index (χ0v) is 15.6. The van der Waals surface area contributed by atoms with E-state index in [4.69, 9.17) is 32.7 Å². The van der Waals surface area contributed by atoms with Gasteiger partial charge in [0.2, 0.25) is 0 Å². The number of hydrogen-bond donors (Lipinski definition) is 0. The number of anilines is 2. The maximum atomic E-state index is 12.0. The van der Waals surface area contributed by atoms with Crippen LogP contribution in [0.4, 0.5) is 11.5 Å². The number of aromatic nitrogens is 2. The summed E-state index contributed by atoms with van der Waals surface area (Å²) in [5.41, 5.74) is 0.836. The summed E-state index contributed by atoms with van der Waals surface area (Å²) in [5.74, 6) is 1.24. The molecule has 0 radical (unpaired) electrons. The van der Waals surface area contributed by atoms with Gasteiger partial charge in [0.25, 0.3) is 0 Å². The van der Waals surface area contributed by atoms with Crippen molar-refractivity contribution in [2.75, 3.05) is 26.2 Å². The standard InChI is InChI=1S/C17H17Cl2N3O3/c1-22(10-6-7-11(18)12(8-10)24-2)16-13(19)14(17(23)25-3)20-15(21-16)9-4-5-9/h6-9H,4-5H2,1-3H3. The van der Waals surface area contributed by atoms with Crippen LogP contribution in [0.2, 0.25) is 10.0 Å². The Morgan fingerprint density at radius 1 is 1.24 bits per heavy atom. The highest BCUT2D eigenvalue weighted by Crippen LogP contribution is 2.41. The molecule has 6 nitrogen and oxygen atoms in total. The van der Waals surface area contributed by atoms with Gasteiger partial charge in [-0.1, -0.05) is 23.2 Å². The Balaban J connectivity index is 2.08. The molecule has 0 N–H and O–H groups in total. The summed E-state index contributed by atoms with van der Waals surface area (Å²) in [6.45, 7) is 0. The molecule has 0 atom stereocenters. The highest BCUT2D eigenvalue weighted by atomic mass is 35.5. The normalized spacial score (nSPS) is 13.5. The van der Waals surface area contributed by atoms with Crippen LogP contribution < -0.4 is 9.64 Å². The molecule has 1 aromatic carbocycles. The largest absolute Gasteiger partial charge is 0.495 e. The van der Waals surface area contributed by atoms with Crippen molar-refractivity contribution in [3.63, 3.8) is 0 Å². The van der Waals surface area contributed by atoms with E-state index in [-0.39, 0.29) is 16.6 Å². The average Bonchev–Trinajstić information content (AvgIpc) is 3.46. The Morgan fingerprint density at radius 2 is 1.96 bits per heavy atom. The number of rotatable bonds is 5. The summed E-state index contributed by atoms with van der Waals surface area (Å²) < 4.78 is 10.1. The average molecular weight is 382 g/mol. The van der Waals surface area contributed by atoms with E-state index in [2.05, 4.69) is 9.97 Å². The number of ether oxygens (including phenoxy) is 2. The molecule has 132 valence electrons. The highest BCUT2D eigenvalue weighted by molar-refractivity contribution is 6.35. The lowest BCUT2D eigenvalue weighted by atomic mass is 10.2. The van der Waals surface area contributed by atoms with Gasteiger partial charge in [0.05, 0.1) is 19.2 Å². The van der Waals surface area contributed by atoms with E-state index >= 15 is 0 Å². The number of halogens is 2. The topological polar surface area (TPSA) is 64.5 Å². The molecule has 1 saturated carbocycles. The minimum absolute atomic E-state index is 0.0730. The molecule has 0 amide bonds. The van der Waals surface area contributed by atoms with Crippen LogP contribution in [-0.2, 0) is 4.74 Å². The molecule has 0 saturated heterocycles. The van der Waals surface area contributed by atoms with Crippen LogP contribution in [0.25, 0.3) is 0 Å². The van der Waals surface area contributed by atoms with Crippen LogP contribution in [0, 0.1) is 0 Å². The fourth-order valence-corrected chi connectivity index (χ4v) is 2.89. The van der Waals surface area contributed by atoms with Gasteiger partial charge < -0.3 is 14.4 Å². The Kier molecular flexibility index (Phi) is 5.01. The fraction of sp³-hybridized carbons (Fsp3) is 0.353. The summed E-state index contributed by atoms with van der Waals surface area (Å²) in [5, 5.41) is 0.648. The minimum Gasteiger partial charge on any atom is -0.495 e. The molecule has 2 aromatic rings. The van der Waals surface area contributed by atoms with E-state index in [1.54, 1.807) is 31.2 Å². The van der Waals surface area contributed by atoms with Gasteiger partial charge in [-0.3, -0.25) is 0 Å². The van der Waals surface area contributed by atoms with E-state index in [9.17, 15) is 4.79 Å². The first-order valence-electron chi connectivity index (χ1n) is 7.69. The maximum Gasteiger partial charge on any atom is 0.358 e. The molecule has 0 aliphatic heterocycles. The van der Waals surface area contributed by atoms with Crippen LogP contribution in [0.5, 0.6) is 5.75 Å². The van der Waals surface area contributed by atoms with Crippen LogP contribution in [0.15, 0.2) is 18.2 Å². The lowest BCUT2D eigenvalue weighted by Crippen LogP contribution is -2.17. The van der Waals surface area contributed by atoms with Crippen LogP contribution in [-0.4, -0.2) is 37.2 Å². The molecule has 1 aliphatic carbocycles. The molecule has 0 unspecified atom stereocenters. The van der Waals surface area contributed by atoms with Gasteiger partial charge >= 0.3 is 5.97 Å². The summed E-state index contributed by atoms with van der Waals surface area (Å²) in [6, 6.07) is 5.32. The zero-order chi connectivity index (χ0) is 18.1. The van der Waals surface area contributed by atoms with Crippen molar-refractivity contribution in [1.82, 2.24) is 9.97 Å². The van der Waals surface area contributed by atoms with Gasteiger partial charge in [0, 0.05) is 24.7 Å². The SMILES string of the molecule is COC(=O)c1nc(C2CC2)nc(N(C)c2ccc(Cl)c(OC)c2)c1Cl. The molecular formula is C17H17Cl2N3O3. The van der Waals surface area contributed by atoms with Crippen molar-refractivity contribution in [2.24, 2.45) is 0 Å². The molecular weight excluding hydrogens is 365 g/mol. The van der Waals surface area contributed by atoms with E-state index in [0.29, 0.717) is 22.4 Å². The van der Waals surface area contributed by atoms with Crippen molar-refractivity contribution >= 4 is 40.7 Å². The zero-order valence-electron chi connectivity index (χ0n) is 14.0. The summed E-state index contributed by atoms with van der Waals surface area (Å²) in [7, 11) is 4.64. The monoisotopic (exact) mass is 381 g/mol. The third-order valence-electron chi connectivity index (χ3n) is 4.01. The van der Waals surface area contributed by atoms with Gasteiger partial charge in [-0.15, -0.1) is 0 Å². The maximum absolute atomic E-state index is 12.0. The molecule has 1 aliphatic rings. The predicted octanol–water partition coefficient (Wildman–Crippen LogP) is 4.22. The molecule has 25 heavy (non-hydrogen) atoms. The Labute approximate surface area is 155 Å². The number of methoxy groups -OCH3 is 2. The molecule has 1 fully saturated rings. The lowest BCUT2D eigenvalue weighted by Gasteiger charge is -2.22. The minimum atomic E-state index is -0.586. The van der Waals surface area contributed by atoms with Crippen LogP contribution in [0.1, 0.15) is 35.1 Å². The van der Waals surface area contributed by atoms with Crippen molar-refractivity contribution in [3.05, 3.63) is 39.8 Å². The number of carbonyl (C=O) groups excluding carboxylic acids is 1. The molecule has 0 spiro atoms. The molecule has 0 bridgehead atoms. The number of esters is 1. The van der Waals surface area contributed by atoms with Gasteiger partial charge in [-0.25, -0.2) is 14.8 Å². The predicted molar refractivity (Wildman–Crippen MR) is 96.4 cm³/mol. The Hall–Kier alpha value is -2.05. The second kappa shape index (κ2) is 7.06. The second-order valence-electron chi connectivity index (χ2n) is 5.71. The number of nitrogens with zero attached hydrogens (tertiary/aromatic N) is 3. The fourth-order valence-electron chi connectivity index (χ4n) is 2.41. The third kappa shape index (κ3) is 3.50. The van der Waals surface area contributed by atoms with E-state index < -0.39 is 5.97 Å². The summed E-state index contributed by atoms with van der Waals surface area (Å²) >= 11 is 12.5. The molecule has 3 rings (SSSR count). The van der Waals surface area contributed by atoms with Gasteiger partial charge in [0.15, 0.2) is 11.5 Å². The first-order chi connectivity index (χ1) is 12.0. The summed E-state index contributed by atoms with van der Waals surface area (Å²) in [6.07, 6.45) is 2.00. The molecule has 8 heteroatoms. The van der Waals surface area contributed by atoms with E-state index in [1.165, 1.54) is 7.11 Å². The number of benzene rings is 1. The van der Waals surface area contributed by atoms with Crippen molar-refractivity contribution < 1.29 is 14.3 Å². The first kappa shape index (κ1) is 17.8. The van der Waals surface area contributed by atoms with Crippen molar-refractivity contribution in [1.29, 1.82) is 0 Å². The summed E-state index contributed by atoms with van der Waals surface area (Å²) in [4.78, 5) is 22.7. The van der Waals surface area contributed by atoms with Gasteiger partial charge in [-0.2, -0.15) is 0 Å². The first-order valence-corrected chi connectivity index (χ1v) is 8.44. The van der Waals surface area contributed by atoms with Crippen molar-refractivity contribution in [3.8, 4) is 5.75 Å². The number of hydrogen-bond acceptors (Lipinski definition) is 6. The lowest BCUT2D eigenvalue weighted by molar-refractivity contribution is 0.0593. The number of carbonyl (C=O) groups is 1. The van der Waals surface area contributed by atoms with Crippen molar-refractivity contribution in [2.45, 2.75) is 18.8 Å². The molecule has 1 heterocycles. The third-order valence-corrected chi connectivity index (χ3v) is 4.67. The quantitative estimate of drug-likeness (QED) is 0.722. The van der Waals surface area contributed by atoms with Crippen LogP contribution in [0.3, 0.4) is 0 Å². The highest BCUT2D eigenvalue weighted by Gasteiger charge is 2.31. The smallest absolute Gasteiger partial charge is 0.358 e. The Bertz CT molecular complexity index is 825. The van der Waals surface area contributed by atoms with E-state index in [0.717, 1.165) is 18.5 Å². The second-order valence-corrected chi connectivity index (χ2v) is 6.50. The van der Waals surface area contributed by atoms with Crippen LogP contribution >= 0.6 is 23.2 Å².